The molecule has 1 aromatic carbocycles. The number of thiophene rings is 1. The zero-order valence-corrected chi connectivity index (χ0v) is 12.7. The maximum atomic E-state index is 12.7. The number of carbonyl (C=O) groups is 1. The Morgan fingerprint density at radius 1 is 1.23 bits per heavy atom. The van der Waals surface area contributed by atoms with Gasteiger partial charge in [0.15, 0.2) is 5.78 Å². The van der Waals surface area contributed by atoms with E-state index in [9.17, 15) is 9.59 Å². The molecule has 110 valence electrons. The number of hydrogen-bond donors (Lipinski definition) is 0. The van der Waals surface area contributed by atoms with Crippen molar-refractivity contribution in [2.24, 2.45) is 0 Å². The molecule has 4 rings (SSSR count). The van der Waals surface area contributed by atoms with E-state index in [0.29, 0.717) is 5.56 Å². The minimum absolute atomic E-state index is 0.0381. The number of benzene rings is 1. The Labute approximate surface area is 131 Å². The molecular formula is C17H14N2O2S. The van der Waals surface area contributed by atoms with Crippen molar-refractivity contribution in [3.8, 4) is 0 Å². The van der Waals surface area contributed by atoms with Crippen molar-refractivity contribution in [1.29, 1.82) is 0 Å². The molecule has 4 nitrogen and oxygen atoms in total. The second-order valence-corrected chi connectivity index (χ2v) is 6.59. The van der Waals surface area contributed by atoms with Crippen molar-refractivity contribution in [3.05, 3.63) is 63.0 Å². The smallest absolute Gasteiger partial charge is 0.262 e. The quantitative estimate of drug-likeness (QED) is 0.699. The van der Waals surface area contributed by atoms with Gasteiger partial charge < -0.3 is 0 Å². The second kappa shape index (κ2) is 5.18. The normalized spacial score (nSPS) is 13.5. The third-order valence-corrected chi connectivity index (χ3v) is 5.30. The van der Waals surface area contributed by atoms with Gasteiger partial charge in [-0.1, -0.05) is 30.3 Å². The van der Waals surface area contributed by atoms with Gasteiger partial charge in [-0.2, -0.15) is 0 Å². The number of hydrogen-bond acceptors (Lipinski definition) is 4. The number of ketones is 1. The third-order valence-electron chi connectivity index (χ3n) is 4.10. The summed E-state index contributed by atoms with van der Waals surface area (Å²) in [5, 5.41) is 0.723. The van der Waals surface area contributed by atoms with Crippen LogP contribution >= 0.6 is 11.3 Å². The molecule has 0 unspecified atom stereocenters. The Morgan fingerprint density at radius 3 is 2.86 bits per heavy atom. The highest BCUT2D eigenvalue weighted by molar-refractivity contribution is 7.18. The topological polar surface area (TPSA) is 52.0 Å². The average molecular weight is 310 g/mol. The van der Waals surface area contributed by atoms with Crippen LogP contribution in [0.25, 0.3) is 10.2 Å². The zero-order valence-electron chi connectivity index (χ0n) is 11.9. The number of nitrogens with zero attached hydrogens (tertiary/aromatic N) is 2. The Balaban J connectivity index is 1.75. The van der Waals surface area contributed by atoms with E-state index in [1.54, 1.807) is 23.5 Å². The fourth-order valence-corrected chi connectivity index (χ4v) is 4.22. The van der Waals surface area contributed by atoms with Gasteiger partial charge in [-0.05, 0) is 24.8 Å². The molecule has 0 saturated carbocycles. The average Bonchev–Trinajstić information content (AvgIpc) is 3.11. The van der Waals surface area contributed by atoms with Crippen LogP contribution in [0.4, 0.5) is 0 Å². The molecule has 0 N–H and O–H groups in total. The van der Waals surface area contributed by atoms with Gasteiger partial charge in [-0.25, -0.2) is 4.98 Å². The Kier molecular flexibility index (Phi) is 3.15. The molecule has 0 spiro atoms. The molecule has 0 fully saturated rings. The Hall–Kier alpha value is -2.27. The molecule has 0 bridgehead atoms. The maximum absolute atomic E-state index is 12.7. The van der Waals surface area contributed by atoms with Gasteiger partial charge in [0, 0.05) is 10.4 Å². The summed E-state index contributed by atoms with van der Waals surface area (Å²) < 4.78 is 1.43. The minimum Gasteiger partial charge on any atom is -0.292 e. The summed E-state index contributed by atoms with van der Waals surface area (Å²) in [7, 11) is 0. The monoisotopic (exact) mass is 310 g/mol. The molecule has 0 radical (unpaired) electrons. The largest absolute Gasteiger partial charge is 0.292 e. The summed E-state index contributed by atoms with van der Waals surface area (Å²) in [4.78, 5) is 31.5. The highest BCUT2D eigenvalue weighted by atomic mass is 32.1. The van der Waals surface area contributed by atoms with Crippen molar-refractivity contribution in [3.63, 3.8) is 0 Å². The lowest BCUT2D eigenvalue weighted by atomic mass is 10.1. The Bertz CT molecular complexity index is 925. The first-order chi connectivity index (χ1) is 10.7. The molecular weight excluding hydrogens is 296 g/mol. The van der Waals surface area contributed by atoms with E-state index in [2.05, 4.69) is 4.98 Å². The van der Waals surface area contributed by atoms with Crippen LogP contribution in [0.5, 0.6) is 0 Å². The zero-order chi connectivity index (χ0) is 15.1. The van der Waals surface area contributed by atoms with Crippen molar-refractivity contribution in [2.45, 2.75) is 25.8 Å². The molecule has 2 aromatic heterocycles. The fourth-order valence-electron chi connectivity index (χ4n) is 3.00. The number of aryl methyl sites for hydroxylation is 2. The molecule has 0 atom stereocenters. The van der Waals surface area contributed by atoms with Crippen LogP contribution in [-0.4, -0.2) is 15.3 Å². The van der Waals surface area contributed by atoms with E-state index in [1.807, 2.05) is 18.2 Å². The molecule has 2 heterocycles. The van der Waals surface area contributed by atoms with Gasteiger partial charge in [0.05, 0.1) is 18.3 Å². The minimum atomic E-state index is -0.0892. The van der Waals surface area contributed by atoms with Gasteiger partial charge in [0.2, 0.25) is 0 Å². The predicted octanol–water partition coefficient (Wildman–Crippen LogP) is 2.83. The number of Topliss-reactive ketones (excluding diaryl/α,β-unsaturated/α-hetero) is 1. The van der Waals surface area contributed by atoms with E-state index in [-0.39, 0.29) is 17.9 Å². The van der Waals surface area contributed by atoms with Gasteiger partial charge in [-0.15, -0.1) is 11.3 Å². The van der Waals surface area contributed by atoms with Gasteiger partial charge in [0.25, 0.3) is 5.56 Å². The maximum Gasteiger partial charge on any atom is 0.262 e. The van der Waals surface area contributed by atoms with Gasteiger partial charge in [0.1, 0.15) is 4.83 Å². The molecule has 0 saturated heterocycles. The van der Waals surface area contributed by atoms with Crippen molar-refractivity contribution in [2.75, 3.05) is 0 Å². The van der Waals surface area contributed by atoms with Crippen LogP contribution in [0.3, 0.4) is 0 Å². The van der Waals surface area contributed by atoms with Crippen molar-refractivity contribution in [1.82, 2.24) is 9.55 Å². The highest BCUT2D eigenvalue weighted by Gasteiger charge is 2.21. The molecule has 5 heteroatoms. The van der Waals surface area contributed by atoms with Gasteiger partial charge in [-0.3, -0.25) is 14.2 Å². The fraction of sp³-hybridized carbons (Fsp3) is 0.235. The third kappa shape index (κ3) is 2.09. The predicted molar refractivity (Wildman–Crippen MR) is 86.7 cm³/mol. The number of aromatic nitrogens is 2. The van der Waals surface area contributed by atoms with E-state index in [1.165, 1.54) is 15.8 Å². The summed E-state index contributed by atoms with van der Waals surface area (Å²) in [6.07, 6.45) is 4.59. The summed E-state index contributed by atoms with van der Waals surface area (Å²) in [6, 6.07) is 9.04. The molecule has 1 aliphatic rings. The van der Waals surface area contributed by atoms with Gasteiger partial charge >= 0.3 is 0 Å². The van der Waals surface area contributed by atoms with Crippen LogP contribution in [-0.2, 0) is 19.4 Å². The first kappa shape index (κ1) is 13.4. The number of fused-ring (bicyclic) bond motifs is 3. The highest BCUT2D eigenvalue weighted by Crippen LogP contribution is 2.34. The van der Waals surface area contributed by atoms with E-state index in [4.69, 9.17) is 0 Å². The van der Waals surface area contributed by atoms with Crippen LogP contribution in [0.1, 0.15) is 27.2 Å². The van der Waals surface area contributed by atoms with Crippen LogP contribution < -0.4 is 5.56 Å². The summed E-state index contributed by atoms with van der Waals surface area (Å²) in [5.41, 5.74) is 1.68. The lowest BCUT2D eigenvalue weighted by molar-refractivity contribution is 0.0970. The Morgan fingerprint density at radius 2 is 2.05 bits per heavy atom. The summed E-state index contributed by atoms with van der Waals surface area (Å²) >= 11 is 1.62. The molecule has 22 heavy (non-hydrogen) atoms. The first-order valence-electron chi connectivity index (χ1n) is 7.32. The van der Waals surface area contributed by atoms with E-state index in [0.717, 1.165) is 35.0 Å². The molecule has 1 aliphatic carbocycles. The van der Waals surface area contributed by atoms with Crippen molar-refractivity contribution >= 4 is 27.3 Å². The lowest BCUT2D eigenvalue weighted by Crippen LogP contribution is -2.24. The van der Waals surface area contributed by atoms with E-state index < -0.39 is 0 Å². The van der Waals surface area contributed by atoms with Crippen LogP contribution in [0.2, 0.25) is 0 Å². The second-order valence-electron chi connectivity index (χ2n) is 5.50. The summed E-state index contributed by atoms with van der Waals surface area (Å²) in [6.45, 7) is 0.0381. The standard InChI is InChI=1S/C17H14N2O2S/c20-13(11-5-2-1-3-6-11)9-19-10-18-16-15(17(19)21)12-7-4-8-14(12)22-16/h1-3,5-6,10H,4,7-9H2. The van der Waals surface area contributed by atoms with Crippen LogP contribution in [0.15, 0.2) is 41.5 Å². The molecule has 3 aromatic rings. The van der Waals surface area contributed by atoms with Crippen molar-refractivity contribution < 1.29 is 4.79 Å². The first-order valence-corrected chi connectivity index (χ1v) is 8.13. The summed E-state index contributed by atoms with van der Waals surface area (Å²) in [5.74, 6) is -0.0734. The molecule has 0 amide bonds. The lowest BCUT2D eigenvalue weighted by Gasteiger charge is -2.05. The number of rotatable bonds is 3. The number of carbonyl (C=O) groups excluding carboxylic acids is 1. The molecule has 0 aliphatic heterocycles. The SMILES string of the molecule is O=C(Cn1cnc2sc3c(c2c1=O)CCC3)c1ccccc1. The van der Waals surface area contributed by atoms with Crippen LogP contribution in [0, 0.1) is 0 Å². The van der Waals surface area contributed by atoms with E-state index >= 15 is 0 Å².